The van der Waals surface area contributed by atoms with Crippen molar-refractivity contribution in [2.24, 2.45) is 7.05 Å². The van der Waals surface area contributed by atoms with Gasteiger partial charge in [0.05, 0.1) is 17.6 Å². The molecule has 3 aromatic rings. The van der Waals surface area contributed by atoms with Crippen molar-refractivity contribution in [2.75, 3.05) is 39.3 Å². The van der Waals surface area contributed by atoms with E-state index in [-0.39, 0.29) is 11.8 Å². The van der Waals surface area contributed by atoms with Crippen molar-refractivity contribution in [3.05, 3.63) is 64.4 Å². The number of imidazole rings is 1. The summed E-state index contributed by atoms with van der Waals surface area (Å²) in [4.78, 5) is 36.5. The highest BCUT2D eigenvalue weighted by Crippen LogP contribution is 2.21. The molecule has 3 heterocycles. The minimum absolute atomic E-state index is 0.0456. The van der Waals surface area contributed by atoms with E-state index in [1.54, 1.807) is 24.3 Å². The van der Waals surface area contributed by atoms with Gasteiger partial charge in [0.1, 0.15) is 5.82 Å². The van der Waals surface area contributed by atoms with Crippen molar-refractivity contribution in [3.63, 3.8) is 0 Å². The highest BCUT2D eigenvalue weighted by molar-refractivity contribution is 6.30. The number of halogens is 1. The van der Waals surface area contributed by atoms with E-state index in [4.69, 9.17) is 16.6 Å². The number of carbonyl (C=O) groups excluding carboxylic acids is 2. The number of benzene rings is 2. The number of amides is 2. The van der Waals surface area contributed by atoms with Crippen molar-refractivity contribution in [3.8, 4) is 0 Å². The molecule has 0 bridgehead atoms. The van der Waals surface area contributed by atoms with Crippen LogP contribution in [0.25, 0.3) is 11.0 Å². The van der Waals surface area contributed by atoms with E-state index in [1.807, 2.05) is 35.0 Å². The number of carbonyl (C=O) groups is 2. The molecule has 0 saturated carbocycles. The van der Waals surface area contributed by atoms with Crippen LogP contribution in [0.3, 0.4) is 0 Å². The maximum atomic E-state index is 12.7. The topological polar surface area (TPSA) is 61.7 Å². The van der Waals surface area contributed by atoms with Crippen LogP contribution in [-0.2, 0) is 13.6 Å². The van der Waals surface area contributed by atoms with Crippen LogP contribution in [0.15, 0.2) is 42.5 Å². The van der Waals surface area contributed by atoms with E-state index in [0.29, 0.717) is 35.8 Å². The van der Waals surface area contributed by atoms with Gasteiger partial charge < -0.3 is 14.4 Å². The Hall–Kier alpha value is -2.90. The second-order valence-electron chi connectivity index (χ2n) is 8.87. The van der Waals surface area contributed by atoms with Crippen LogP contribution in [0.4, 0.5) is 0 Å². The third-order valence-corrected chi connectivity index (χ3v) is 6.98. The van der Waals surface area contributed by atoms with E-state index in [9.17, 15) is 9.59 Å². The number of nitrogens with zero attached hydrogens (tertiary/aromatic N) is 5. The lowest BCUT2D eigenvalue weighted by molar-refractivity contribution is 0.0624. The van der Waals surface area contributed by atoms with Gasteiger partial charge in [-0.2, -0.15) is 0 Å². The largest absolute Gasteiger partial charge is 0.339 e. The van der Waals surface area contributed by atoms with Crippen LogP contribution in [0.1, 0.15) is 39.4 Å². The number of fused-ring (bicyclic) bond motifs is 1. The summed E-state index contributed by atoms with van der Waals surface area (Å²) in [7, 11) is 2.02. The first-order chi connectivity index (χ1) is 16.0. The molecule has 0 spiro atoms. The molecule has 8 heteroatoms. The first kappa shape index (κ1) is 21.9. The number of aromatic nitrogens is 2. The fourth-order valence-corrected chi connectivity index (χ4v) is 4.84. The van der Waals surface area contributed by atoms with Crippen LogP contribution in [0, 0.1) is 0 Å². The van der Waals surface area contributed by atoms with Crippen LogP contribution in [-0.4, -0.2) is 75.3 Å². The normalized spacial score (nSPS) is 17.2. The van der Waals surface area contributed by atoms with E-state index in [1.165, 1.54) is 0 Å². The Morgan fingerprint density at radius 1 is 0.848 bits per heavy atom. The van der Waals surface area contributed by atoms with Gasteiger partial charge in [-0.05, 0) is 55.3 Å². The molecule has 2 aromatic carbocycles. The molecule has 0 atom stereocenters. The van der Waals surface area contributed by atoms with Crippen LogP contribution in [0.2, 0.25) is 5.02 Å². The van der Waals surface area contributed by atoms with Crippen molar-refractivity contribution in [1.82, 2.24) is 24.3 Å². The minimum Gasteiger partial charge on any atom is -0.339 e. The van der Waals surface area contributed by atoms with Gasteiger partial charge in [-0.1, -0.05) is 11.6 Å². The number of rotatable bonds is 4. The van der Waals surface area contributed by atoms with Gasteiger partial charge in [0.25, 0.3) is 11.8 Å². The smallest absolute Gasteiger partial charge is 0.253 e. The molecule has 5 rings (SSSR count). The lowest BCUT2D eigenvalue weighted by Gasteiger charge is -2.34. The first-order valence-corrected chi connectivity index (χ1v) is 11.9. The summed E-state index contributed by atoms with van der Waals surface area (Å²) in [6.07, 6.45) is 2.17. The van der Waals surface area contributed by atoms with Gasteiger partial charge >= 0.3 is 0 Å². The molecule has 2 amide bonds. The lowest BCUT2D eigenvalue weighted by Crippen LogP contribution is -2.48. The fraction of sp³-hybridized carbons (Fsp3) is 0.400. The molecule has 2 fully saturated rings. The molecular weight excluding hydrogens is 438 g/mol. The average Bonchev–Trinajstić information content (AvgIpc) is 3.48. The Bertz CT molecular complexity index is 1180. The third-order valence-electron chi connectivity index (χ3n) is 6.73. The Labute approximate surface area is 198 Å². The zero-order chi connectivity index (χ0) is 22.9. The molecule has 2 aliphatic heterocycles. The predicted molar refractivity (Wildman–Crippen MR) is 128 cm³/mol. The molecule has 7 nitrogen and oxygen atoms in total. The molecule has 172 valence electrons. The van der Waals surface area contributed by atoms with Crippen molar-refractivity contribution < 1.29 is 9.59 Å². The monoisotopic (exact) mass is 465 g/mol. The minimum atomic E-state index is 0.0456. The number of hydrogen-bond donors (Lipinski definition) is 0. The molecule has 1 aromatic heterocycles. The molecule has 0 radical (unpaired) electrons. The number of hydrogen-bond acceptors (Lipinski definition) is 4. The second-order valence-corrected chi connectivity index (χ2v) is 9.30. The highest BCUT2D eigenvalue weighted by atomic mass is 35.5. The fourth-order valence-electron chi connectivity index (χ4n) is 4.71. The summed E-state index contributed by atoms with van der Waals surface area (Å²) in [5, 5.41) is 0.631. The summed E-state index contributed by atoms with van der Waals surface area (Å²) >= 11 is 5.94. The molecular formula is C25H28ClN5O2. The van der Waals surface area contributed by atoms with Gasteiger partial charge in [0, 0.05) is 62.5 Å². The van der Waals surface area contributed by atoms with Gasteiger partial charge in [-0.25, -0.2) is 4.98 Å². The predicted octanol–water partition coefficient (Wildman–Crippen LogP) is 3.42. The van der Waals surface area contributed by atoms with Gasteiger partial charge in [-0.15, -0.1) is 0 Å². The summed E-state index contributed by atoms with van der Waals surface area (Å²) in [5.41, 5.74) is 3.26. The standard InChI is InChI=1S/C25H28ClN5O2/c1-28-22-9-6-19(25(33)30-10-2-3-11-30)16-21(22)27-23(28)17-29-12-14-31(15-13-29)24(32)18-4-7-20(26)8-5-18/h4-9,16H,2-3,10-15,17H2,1H3. The van der Waals surface area contributed by atoms with Crippen LogP contribution >= 0.6 is 11.6 Å². The van der Waals surface area contributed by atoms with Crippen molar-refractivity contribution >= 4 is 34.4 Å². The zero-order valence-electron chi connectivity index (χ0n) is 18.8. The summed E-state index contributed by atoms with van der Waals surface area (Å²) in [6.45, 7) is 5.35. The molecule has 2 aliphatic rings. The van der Waals surface area contributed by atoms with Crippen molar-refractivity contribution in [1.29, 1.82) is 0 Å². The summed E-state index contributed by atoms with van der Waals surface area (Å²) in [6, 6.07) is 12.9. The molecule has 0 unspecified atom stereocenters. The number of likely N-dealkylation sites (tertiary alicyclic amines) is 1. The van der Waals surface area contributed by atoms with E-state index in [0.717, 1.165) is 55.9 Å². The molecule has 33 heavy (non-hydrogen) atoms. The maximum Gasteiger partial charge on any atom is 0.253 e. The van der Waals surface area contributed by atoms with E-state index in [2.05, 4.69) is 9.47 Å². The Kier molecular flexibility index (Phi) is 6.08. The van der Waals surface area contributed by atoms with Gasteiger partial charge in [0.2, 0.25) is 0 Å². The quantitative estimate of drug-likeness (QED) is 0.592. The van der Waals surface area contributed by atoms with Crippen LogP contribution in [0.5, 0.6) is 0 Å². The number of piperazine rings is 1. The SMILES string of the molecule is Cn1c(CN2CCN(C(=O)c3ccc(Cl)cc3)CC2)nc2cc(C(=O)N3CCCC3)ccc21. The van der Waals surface area contributed by atoms with Gasteiger partial charge in [0.15, 0.2) is 0 Å². The summed E-state index contributed by atoms with van der Waals surface area (Å²) in [5.74, 6) is 1.11. The van der Waals surface area contributed by atoms with E-state index < -0.39 is 0 Å². The zero-order valence-corrected chi connectivity index (χ0v) is 19.6. The maximum absolute atomic E-state index is 12.7. The van der Waals surface area contributed by atoms with Crippen LogP contribution < -0.4 is 0 Å². The van der Waals surface area contributed by atoms with Crippen molar-refractivity contribution in [2.45, 2.75) is 19.4 Å². The molecule has 0 aliphatic carbocycles. The molecule has 0 N–H and O–H groups in total. The lowest BCUT2D eigenvalue weighted by atomic mass is 10.2. The third kappa shape index (κ3) is 4.48. The summed E-state index contributed by atoms with van der Waals surface area (Å²) < 4.78 is 2.10. The molecule has 2 saturated heterocycles. The average molecular weight is 466 g/mol. The Morgan fingerprint density at radius 2 is 1.45 bits per heavy atom. The Balaban J connectivity index is 1.24. The highest BCUT2D eigenvalue weighted by Gasteiger charge is 2.24. The second kappa shape index (κ2) is 9.15. The Morgan fingerprint density at radius 3 is 2.15 bits per heavy atom. The van der Waals surface area contributed by atoms with Gasteiger partial charge in [-0.3, -0.25) is 14.5 Å². The first-order valence-electron chi connectivity index (χ1n) is 11.5. The van der Waals surface area contributed by atoms with E-state index >= 15 is 0 Å². The number of aryl methyl sites for hydroxylation is 1.